The molecule has 0 atom stereocenters. The molecule has 108 valence electrons. The van der Waals surface area contributed by atoms with Crippen molar-refractivity contribution < 1.29 is 18.3 Å². The number of aliphatic hydroxyl groups is 1. The molecular formula is C11H17F3N4O. The second-order valence-corrected chi connectivity index (χ2v) is 4.66. The van der Waals surface area contributed by atoms with Crippen LogP contribution >= 0.6 is 0 Å². The molecule has 0 saturated carbocycles. The van der Waals surface area contributed by atoms with Crippen LogP contribution in [0.4, 0.5) is 24.8 Å². The molecule has 1 aromatic rings. The highest BCUT2D eigenvalue weighted by atomic mass is 19.4. The Bertz CT molecular complexity index is 429. The minimum Gasteiger partial charge on any atom is -0.389 e. The largest absolute Gasteiger partial charge is 0.451 e. The van der Waals surface area contributed by atoms with Crippen molar-refractivity contribution in [2.24, 2.45) is 0 Å². The van der Waals surface area contributed by atoms with Gasteiger partial charge >= 0.3 is 6.18 Å². The Balaban J connectivity index is 3.00. The van der Waals surface area contributed by atoms with Gasteiger partial charge in [0, 0.05) is 19.2 Å². The van der Waals surface area contributed by atoms with Crippen molar-refractivity contribution in [1.29, 1.82) is 0 Å². The first-order chi connectivity index (χ1) is 8.62. The lowest BCUT2D eigenvalue weighted by Crippen LogP contribution is -2.30. The lowest BCUT2D eigenvalue weighted by atomic mass is 10.1. The fourth-order valence-electron chi connectivity index (χ4n) is 1.24. The minimum absolute atomic E-state index is 0.0143. The van der Waals surface area contributed by atoms with Gasteiger partial charge in [-0.2, -0.15) is 13.2 Å². The Morgan fingerprint density at radius 2 is 1.68 bits per heavy atom. The van der Waals surface area contributed by atoms with E-state index in [0.717, 1.165) is 0 Å². The lowest BCUT2D eigenvalue weighted by Gasteiger charge is -2.19. The van der Waals surface area contributed by atoms with Crippen LogP contribution in [0.25, 0.3) is 0 Å². The highest BCUT2D eigenvalue weighted by Crippen LogP contribution is 2.28. The fourth-order valence-corrected chi connectivity index (χ4v) is 1.24. The molecule has 19 heavy (non-hydrogen) atoms. The van der Waals surface area contributed by atoms with E-state index in [1.807, 2.05) is 0 Å². The zero-order valence-corrected chi connectivity index (χ0v) is 11.0. The molecule has 5 nitrogen and oxygen atoms in total. The summed E-state index contributed by atoms with van der Waals surface area (Å²) in [5.41, 5.74) is -1.05. The van der Waals surface area contributed by atoms with Gasteiger partial charge in [-0.15, -0.1) is 0 Å². The molecule has 0 aliphatic rings. The summed E-state index contributed by atoms with van der Waals surface area (Å²) in [5.74, 6) is -1.12. The van der Waals surface area contributed by atoms with E-state index >= 15 is 0 Å². The van der Waals surface area contributed by atoms with E-state index in [1.54, 1.807) is 6.92 Å². The second kappa shape index (κ2) is 5.60. The van der Waals surface area contributed by atoms with Gasteiger partial charge in [-0.3, -0.25) is 0 Å². The molecule has 8 heteroatoms. The standard InChI is InChI=1S/C11H17F3N4O/c1-4-15-7-5-8(16-6-10(2,3)19)18-9(17-7)11(12,13)14/h5,19H,4,6H2,1-3H3,(H2,15,16,17,18). The molecule has 1 rings (SSSR count). The number of anilines is 2. The van der Waals surface area contributed by atoms with Crippen molar-refractivity contribution in [1.82, 2.24) is 9.97 Å². The molecule has 0 unspecified atom stereocenters. The summed E-state index contributed by atoms with van der Waals surface area (Å²) < 4.78 is 37.9. The zero-order valence-electron chi connectivity index (χ0n) is 11.0. The summed E-state index contributed by atoms with van der Waals surface area (Å²) in [6, 6.07) is 1.37. The van der Waals surface area contributed by atoms with Gasteiger partial charge in [0.15, 0.2) is 0 Å². The van der Waals surface area contributed by atoms with E-state index in [2.05, 4.69) is 20.6 Å². The highest BCUT2D eigenvalue weighted by Gasteiger charge is 2.35. The van der Waals surface area contributed by atoms with E-state index in [4.69, 9.17) is 0 Å². The number of nitrogens with zero attached hydrogens (tertiary/aromatic N) is 2. The number of alkyl halides is 3. The average Bonchev–Trinajstić information content (AvgIpc) is 2.24. The molecule has 3 N–H and O–H groups in total. The second-order valence-electron chi connectivity index (χ2n) is 4.66. The van der Waals surface area contributed by atoms with Gasteiger partial charge in [0.1, 0.15) is 11.6 Å². The summed E-state index contributed by atoms with van der Waals surface area (Å²) in [7, 11) is 0. The normalized spacial score (nSPS) is 12.4. The van der Waals surface area contributed by atoms with E-state index in [-0.39, 0.29) is 18.2 Å². The molecule has 0 aliphatic carbocycles. The number of rotatable bonds is 5. The van der Waals surface area contributed by atoms with Gasteiger partial charge < -0.3 is 15.7 Å². The number of halogens is 3. The smallest absolute Gasteiger partial charge is 0.389 e. The van der Waals surface area contributed by atoms with Crippen molar-refractivity contribution in [3.63, 3.8) is 0 Å². The van der Waals surface area contributed by atoms with Crippen LogP contribution in [0.5, 0.6) is 0 Å². The molecule has 0 bridgehead atoms. The molecule has 1 aromatic heterocycles. The van der Waals surface area contributed by atoms with E-state index in [9.17, 15) is 18.3 Å². The van der Waals surface area contributed by atoms with Crippen molar-refractivity contribution in [3.8, 4) is 0 Å². The average molecular weight is 278 g/mol. The number of hydrogen-bond acceptors (Lipinski definition) is 5. The van der Waals surface area contributed by atoms with Crippen LogP contribution in [0, 0.1) is 0 Å². The Morgan fingerprint density at radius 1 is 1.16 bits per heavy atom. The highest BCUT2D eigenvalue weighted by molar-refractivity contribution is 5.48. The number of hydrogen-bond donors (Lipinski definition) is 3. The minimum atomic E-state index is -4.61. The topological polar surface area (TPSA) is 70.1 Å². The van der Waals surface area contributed by atoms with Gasteiger partial charge in [-0.25, -0.2) is 9.97 Å². The molecule has 1 heterocycles. The zero-order chi connectivity index (χ0) is 14.7. The van der Waals surface area contributed by atoms with Gasteiger partial charge in [0.25, 0.3) is 0 Å². The van der Waals surface area contributed by atoms with Crippen molar-refractivity contribution in [3.05, 3.63) is 11.9 Å². The molecule has 0 aliphatic heterocycles. The van der Waals surface area contributed by atoms with Gasteiger partial charge in [0.05, 0.1) is 5.60 Å². The van der Waals surface area contributed by atoms with Crippen LogP contribution in [0.1, 0.15) is 26.6 Å². The maximum absolute atomic E-state index is 12.6. The predicted molar refractivity (Wildman–Crippen MR) is 66.0 cm³/mol. The molecule has 0 amide bonds. The monoisotopic (exact) mass is 278 g/mol. The maximum atomic E-state index is 12.6. The summed E-state index contributed by atoms with van der Waals surface area (Å²) in [4.78, 5) is 6.78. The van der Waals surface area contributed by atoms with Crippen LogP contribution < -0.4 is 10.6 Å². The quantitative estimate of drug-likeness (QED) is 0.769. The van der Waals surface area contributed by atoms with Gasteiger partial charge in [0.2, 0.25) is 5.82 Å². The summed E-state index contributed by atoms with van der Waals surface area (Å²) in [6.07, 6.45) is -4.61. The Hall–Kier alpha value is -1.57. The van der Waals surface area contributed by atoms with Crippen molar-refractivity contribution in [2.75, 3.05) is 23.7 Å². The Kier molecular flexibility index (Phi) is 4.56. The number of nitrogens with one attached hydrogen (secondary N) is 2. The van der Waals surface area contributed by atoms with Gasteiger partial charge in [-0.1, -0.05) is 0 Å². The molecule has 0 aromatic carbocycles. The molecule has 0 spiro atoms. The maximum Gasteiger partial charge on any atom is 0.451 e. The van der Waals surface area contributed by atoms with E-state index in [0.29, 0.717) is 6.54 Å². The summed E-state index contributed by atoms with van der Waals surface area (Å²) in [5, 5.41) is 14.9. The van der Waals surface area contributed by atoms with Crippen molar-refractivity contribution >= 4 is 11.6 Å². The van der Waals surface area contributed by atoms with Crippen LogP contribution in [0.3, 0.4) is 0 Å². The van der Waals surface area contributed by atoms with Gasteiger partial charge in [-0.05, 0) is 20.8 Å². The fraction of sp³-hybridized carbons (Fsp3) is 0.636. The predicted octanol–water partition coefficient (Wildman–Crippen LogP) is 2.11. The summed E-state index contributed by atoms with van der Waals surface area (Å²) >= 11 is 0. The van der Waals surface area contributed by atoms with E-state index in [1.165, 1.54) is 19.9 Å². The third-order valence-corrected chi connectivity index (χ3v) is 2.04. The first-order valence-electron chi connectivity index (χ1n) is 5.78. The SMILES string of the molecule is CCNc1cc(NCC(C)(C)O)nc(C(F)(F)F)n1. The lowest BCUT2D eigenvalue weighted by molar-refractivity contribution is -0.144. The van der Waals surface area contributed by atoms with Crippen LogP contribution in [-0.4, -0.2) is 33.8 Å². The molecular weight excluding hydrogens is 261 g/mol. The van der Waals surface area contributed by atoms with Crippen molar-refractivity contribution in [2.45, 2.75) is 32.5 Å². The Morgan fingerprint density at radius 3 is 2.11 bits per heavy atom. The third-order valence-electron chi connectivity index (χ3n) is 2.04. The Labute approximate surface area is 109 Å². The molecule has 0 radical (unpaired) electrons. The van der Waals surface area contributed by atoms with E-state index < -0.39 is 17.6 Å². The first kappa shape index (κ1) is 15.5. The van der Waals surface area contributed by atoms with Crippen LogP contribution in [-0.2, 0) is 6.18 Å². The third kappa shape index (κ3) is 5.29. The van der Waals surface area contributed by atoms with Crippen LogP contribution in [0.2, 0.25) is 0 Å². The first-order valence-corrected chi connectivity index (χ1v) is 5.78. The number of aromatic nitrogens is 2. The summed E-state index contributed by atoms with van der Waals surface area (Å²) in [6.45, 7) is 5.35. The molecule has 0 fully saturated rings. The van der Waals surface area contributed by atoms with Crippen LogP contribution in [0.15, 0.2) is 6.07 Å². The molecule has 0 saturated heterocycles.